The number of carbonyl (C=O) groups excluding carboxylic acids is 1. The summed E-state index contributed by atoms with van der Waals surface area (Å²) in [5, 5.41) is 3.70. The van der Waals surface area contributed by atoms with E-state index in [1.165, 1.54) is 12.1 Å². The van der Waals surface area contributed by atoms with Gasteiger partial charge in [-0.25, -0.2) is 4.39 Å². The third-order valence-electron chi connectivity index (χ3n) is 4.58. The zero-order valence-electron chi connectivity index (χ0n) is 14.6. The summed E-state index contributed by atoms with van der Waals surface area (Å²) in [5.74, 6) is -0.216. The van der Waals surface area contributed by atoms with Gasteiger partial charge in [-0.3, -0.25) is 9.69 Å². The van der Waals surface area contributed by atoms with Crippen molar-refractivity contribution in [1.29, 1.82) is 0 Å². The fourth-order valence-corrected chi connectivity index (χ4v) is 3.37. The van der Waals surface area contributed by atoms with Gasteiger partial charge in [0.2, 0.25) is 5.91 Å². The summed E-state index contributed by atoms with van der Waals surface area (Å²) in [5.41, 5.74) is 2.07. The Labute approximate surface area is 158 Å². The molecule has 0 bridgehead atoms. The van der Waals surface area contributed by atoms with Gasteiger partial charge in [-0.2, -0.15) is 0 Å². The Balaban J connectivity index is 1.38. The van der Waals surface area contributed by atoms with Gasteiger partial charge in [0.05, 0.1) is 17.3 Å². The number of hydrogen-bond donors (Lipinski definition) is 1. The van der Waals surface area contributed by atoms with Gasteiger partial charge in [0.1, 0.15) is 5.82 Å². The molecule has 1 amide bonds. The molecular weight excluding hydrogens is 353 g/mol. The Morgan fingerprint density at radius 3 is 2.42 bits per heavy atom. The first-order valence-electron chi connectivity index (χ1n) is 8.85. The second-order valence-electron chi connectivity index (χ2n) is 6.44. The second kappa shape index (κ2) is 9.01. The van der Waals surface area contributed by atoms with Crippen LogP contribution in [0, 0.1) is 5.82 Å². The molecule has 4 nitrogen and oxygen atoms in total. The number of nitrogens with zero attached hydrogens (tertiary/aromatic N) is 2. The number of halogens is 2. The molecule has 0 radical (unpaired) electrons. The number of piperazine rings is 1. The van der Waals surface area contributed by atoms with Crippen molar-refractivity contribution in [2.24, 2.45) is 0 Å². The Morgan fingerprint density at radius 1 is 1.04 bits per heavy atom. The second-order valence-corrected chi connectivity index (χ2v) is 6.85. The molecule has 1 fully saturated rings. The van der Waals surface area contributed by atoms with E-state index in [1.807, 2.05) is 24.3 Å². The van der Waals surface area contributed by atoms with Gasteiger partial charge in [0.15, 0.2) is 0 Å². The summed E-state index contributed by atoms with van der Waals surface area (Å²) in [4.78, 5) is 16.5. The smallest absolute Gasteiger partial charge is 0.234 e. The molecule has 0 unspecified atom stereocenters. The molecule has 0 atom stereocenters. The fraction of sp³-hybridized carbons (Fsp3) is 0.350. The monoisotopic (exact) mass is 375 g/mol. The molecule has 138 valence electrons. The maximum Gasteiger partial charge on any atom is 0.234 e. The Hall–Kier alpha value is -2.11. The van der Waals surface area contributed by atoms with E-state index in [9.17, 15) is 9.18 Å². The van der Waals surface area contributed by atoms with E-state index in [0.717, 1.165) is 42.5 Å². The highest BCUT2D eigenvalue weighted by Crippen LogP contribution is 2.25. The number of benzene rings is 2. The van der Waals surface area contributed by atoms with E-state index in [2.05, 4.69) is 15.1 Å². The van der Waals surface area contributed by atoms with Crippen LogP contribution < -0.4 is 10.2 Å². The van der Waals surface area contributed by atoms with E-state index in [1.54, 1.807) is 12.1 Å². The van der Waals surface area contributed by atoms with Crippen LogP contribution in [0.2, 0.25) is 5.02 Å². The van der Waals surface area contributed by atoms with Crippen LogP contribution in [0.15, 0.2) is 48.5 Å². The van der Waals surface area contributed by atoms with Gasteiger partial charge >= 0.3 is 0 Å². The molecule has 0 aromatic heterocycles. The predicted octanol–water partition coefficient (Wildman–Crippen LogP) is 2.96. The average molecular weight is 376 g/mol. The van der Waals surface area contributed by atoms with Crippen molar-refractivity contribution in [3.63, 3.8) is 0 Å². The summed E-state index contributed by atoms with van der Waals surface area (Å²) in [7, 11) is 0. The summed E-state index contributed by atoms with van der Waals surface area (Å²) >= 11 is 6.25. The van der Waals surface area contributed by atoms with Crippen LogP contribution in [0.1, 0.15) is 5.56 Å². The molecule has 3 rings (SSSR count). The van der Waals surface area contributed by atoms with Crippen molar-refractivity contribution >= 4 is 23.2 Å². The number of rotatable bonds is 6. The molecule has 0 aliphatic carbocycles. The van der Waals surface area contributed by atoms with Crippen molar-refractivity contribution in [1.82, 2.24) is 10.2 Å². The van der Waals surface area contributed by atoms with Crippen LogP contribution >= 0.6 is 11.6 Å². The van der Waals surface area contributed by atoms with E-state index in [0.29, 0.717) is 19.5 Å². The summed E-state index contributed by atoms with van der Waals surface area (Å²) in [6.07, 6.45) is 0.701. The summed E-state index contributed by atoms with van der Waals surface area (Å²) < 4.78 is 12.9. The highest BCUT2D eigenvalue weighted by atomic mass is 35.5. The first kappa shape index (κ1) is 18.7. The molecule has 2 aromatic rings. The lowest BCUT2D eigenvalue weighted by Crippen LogP contribution is -2.49. The SMILES string of the molecule is O=C(CN1CCN(c2ccccc2Cl)CC1)NCCc1ccc(F)cc1. The van der Waals surface area contributed by atoms with Gasteiger partial charge in [-0.05, 0) is 36.2 Å². The fourth-order valence-electron chi connectivity index (χ4n) is 3.11. The van der Waals surface area contributed by atoms with Crippen molar-refractivity contribution in [2.75, 3.05) is 44.2 Å². The molecule has 6 heteroatoms. The van der Waals surface area contributed by atoms with Crippen molar-refractivity contribution < 1.29 is 9.18 Å². The molecule has 1 saturated heterocycles. The van der Waals surface area contributed by atoms with Crippen LogP contribution in [0.4, 0.5) is 10.1 Å². The molecule has 0 spiro atoms. The molecule has 1 N–H and O–H groups in total. The normalized spacial score (nSPS) is 15.1. The minimum atomic E-state index is -0.242. The Kier molecular flexibility index (Phi) is 6.47. The third-order valence-corrected chi connectivity index (χ3v) is 4.90. The lowest BCUT2D eigenvalue weighted by atomic mass is 10.1. The molecule has 1 heterocycles. The lowest BCUT2D eigenvalue weighted by Gasteiger charge is -2.36. The topological polar surface area (TPSA) is 35.6 Å². The molecule has 26 heavy (non-hydrogen) atoms. The van der Waals surface area contributed by atoms with Crippen LogP contribution in [-0.2, 0) is 11.2 Å². The number of anilines is 1. The van der Waals surface area contributed by atoms with Crippen molar-refractivity contribution in [2.45, 2.75) is 6.42 Å². The highest BCUT2D eigenvalue weighted by molar-refractivity contribution is 6.33. The summed E-state index contributed by atoms with van der Waals surface area (Å²) in [6, 6.07) is 14.2. The molecule has 2 aromatic carbocycles. The van der Waals surface area contributed by atoms with Gasteiger partial charge < -0.3 is 10.2 Å². The molecule has 1 aliphatic rings. The van der Waals surface area contributed by atoms with Gasteiger partial charge in [-0.15, -0.1) is 0 Å². The number of amides is 1. The number of nitrogens with one attached hydrogen (secondary N) is 1. The number of hydrogen-bond acceptors (Lipinski definition) is 3. The number of para-hydroxylation sites is 1. The average Bonchev–Trinajstić information content (AvgIpc) is 2.65. The minimum absolute atomic E-state index is 0.0262. The maximum absolute atomic E-state index is 12.9. The standard InChI is InChI=1S/C20H23ClFN3O/c21-18-3-1-2-4-19(18)25-13-11-24(12-14-25)15-20(26)23-10-9-16-5-7-17(22)8-6-16/h1-8H,9-15H2,(H,23,26). The highest BCUT2D eigenvalue weighted by Gasteiger charge is 2.20. The molecular formula is C20H23ClFN3O. The lowest BCUT2D eigenvalue weighted by molar-refractivity contribution is -0.122. The largest absolute Gasteiger partial charge is 0.368 e. The Morgan fingerprint density at radius 2 is 1.73 bits per heavy atom. The predicted molar refractivity (Wildman–Crippen MR) is 103 cm³/mol. The van der Waals surface area contributed by atoms with E-state index in [4.69, 9.17) is 11.6 Å². The van der Waals surface area contributed by atoms with Crippen LogP contribution in [0.5, 0.6) is 0 Å². The van der Waals surface area contributed by atoms with Gasteiger partial charge in [-0.1, -0.05) is 35.9 Å². The zero-order chi connectivity index (χ0) is 18.4. The molecule has 0 saturated carbocycles. The van der Waals surface area contributed by atoms with Crippen molar-refractivity contribution in [3.05, 3.63) is 64.9 Å². The summed E-state index contributed by atoms with van der Waals surface area (Å²) in [6.45, 7) is 4.33. The van der Waals surface area contributed by atoms with Crippen LogP contribution in [0.25, 0.3) is 0 Å². The minimum Gasteiger partial charge on any atom is -0.368 e. The van der Waals surface area contributed by atoms with E-state index >= 15 is 0 Å². The molecule has 1 aliphatic heterocycles. The number of carbonyl (C=O) groups is 1. The third kappa shape index (κ3) is 5.19. The van der Waals surface area contributed by atoms with Crippen molar-refractivity contribution in [3.8, 4) is 0 Å². The van der Waals surface area contributed by atoms with E-state index < -0.39 is 0 Å². The van der Waals surface area contributed by atoms with Gasteiger partial charge in [0, 0.05) is 32.7 Å². The zero-order valence-corrected chi connectivity index (χ0v) is 15.4. The van der Waals surface area contributed by atoms with Crippen LogP contribution in [-0.4, -0.2) is 50.1 Å². The maximum atomic E-state index is 12.9. The van der Waals surface area contributed by atoms with Crippen LogP contribution in [0.3, 0.4) is 0 Å². The Bertz CT molecular complexity index is 730. The quantitative estimate of drug-likeness (QED) is 0.843. The first-order valence-corrected chi connectivity index (χ1v) is 9.22. The first-order chi connectivity index (χ1) is 12.6. The van der Waals surface area contributed by atoms with E-state index in [-0.39, 0.29) is 11.7 Å². The van der Waals surface area contributed by atoms with Gasteiger partial charge in [0.25, 0.3) is 0 Å².